The molecule has 0 amide bonds. The molecule has 3 aromatic rings. The summed E-state index contributed by atoms with van der Waals surface area (Å²) in [5, 5.41) is 1.06. The third-order valence-electron chi connectivity index (χ3n) is 3.77. The molecule has 1 aromatic carbocycles. The van der Waals surface area contributed by atoms with E-state index in [1.54, 1.807) is 31.9 Å². The van der Waals surface area contributed by atoms with Crippen LogP contribution in [-0.4, -0.2) is 31.2 Å². The minimum absolute atomic E-state index is 0.740. The zero-order chi connectivity index (χ0) is 16.4. The first-order chi connectivity index (χ1) is 11.2. The molecule has 0 aliphatic carbocycles. The van der Waals surface area contributed by atoms with Crippen LogP contribution in [0, 0.1) is 0 Å². The smallest absolute Gasteiger partial charge is 0.146 e. The third kappa shape index (κ3) is 2.82. The summed E-state index contributed by atoms with van der Waals surface area (Å²) in [6.07, 6.45) is 2.61. The number of anilines is 2. The summed E-state index contributed by atoms with van der Waals surface area (Å²) in [7, 11) is 5.28. The van der Waals surface area contributed by atoms with E-state index in [9.17, 15) is 0 Å². The first-order valence-corrected chi connectivity index (χ1v) is 8.18. The van der Waals surface area contributed by atoms with Crippen molar-refractivity contribution in [3.63, 3.8) is 0 Å². The number of ether oxygens (including phenoxy) is 2. The number of rotatable bonds is 5. The number of benzene rings is 1. The van der Waals surface area contributed by atoms with Crippen molar-refractivity contribution in [2.45, 2.75) is 13.3 Å². The molecule has 0 bridgehead atoms. The summed E-state index contributed by atoms with van der Waals surface area (Å²) < 4.78 is 10.8. The maximum absolute atomic E-state index is 5.51. The topological polar surface area (TPSA) is 47.5 Å². The second-order valence-electron chi connectivity index (χ2n) is 5.08. The first-order valence-electron chi connectivity index (χ1n) is 7.37. The molecule has 0 spiro atoms. The van der Waals surface area contributed by atoms with Crippen molar-refractivity contribution < 1.29 is 9.47 Å². The fourth-order valence-corrected chi connectivity index (χ4v) is 3.44. The highest BCUT2D eigenvalue weighted by Crippen LogP contribution is 2.38. The highest BCUT2D eigenvalue weighted by molar-refractivity contribution is 7.18. The van der Waals surface area contributed by atoms with E-state index in [-0.39, 0.29) is 0 Å². The Morgan fingerprint density at radius 2 is 1.96 bits per heavy atom. The lowest BCUT2D eigenvalue weighted by molar-refractivity contribution is 0.395. The van der Waals surface area contributed by atoms with Gasteiger partial charge in [0.25, 0.3) is 0 Å². The Bertz CT molecular complexity index is 832. The Labute approximate surface area is 139 Å². The van der Waals surface area contributed by atoms with Crippen molar-refractivity contribution in [1.29, 1.82) is 0 Å². The van der Waals surface area contributed by atoms with Crippen LogP contribution >= 0.6 is 11.3 Å². The SMILES string of the molecule is CCc1cc2c(N(C)c3ccc(OC)cc3OC)ncnc2s1. The number of hydrogen-bond donors (Lipinski definition) is 0. The molecule has 23 heavy (non-hydrogen) atoms. The molecule has 0 aliphatic rings. The zero-order valence-electron chi connectivity index (χ0n) is 13.7. The largest absolute Gasteiger partial charge is 0.497 e. The summed E-state index contributed by atoms with van der Waals surface area (Å²) in [5.74, 6) is 2.37. The van der Waals surface area contributed by atoms with Crippen LogP contribution in [0.25, 0.3) is 10.2 Å². The molecule has 0 fully saturated rings. The van der Waals surface area contributed by atoms with Crippen molar-refractivity contribution in [1.82, 2.24) is 9.97 Å². The highest BCUT2D eigenvalue weighted by Gasteiger charge is 2.16. The van der Waals surface area contributed by atoms with E-state index in [0.717, 1.165) is 39.6 Å². The van der Waals surface area contributed by atoms with E-state index < -0.39 is 0 Å². The monoisotopic (exact) mass is 329 g/mol. The van der Waals surface area contributed by atoms with Crippen molar-refractivity contribution in [2.75, 3.05) is 26.2 Å². The summed E-state index contributed by atoms with van der Waals surface area (Å²) in [6, 6.07) is 7.92. The van der Waals surface area contributed by atoms with Gasteiger partial charge in [-0.1, -0.05) is 6.92 Å². The van der Waals surface area contributed by atoms with E-state index in [1.165, 1.54) is 4.88 Å². The molecule has 0 atom stereocenters. The molecular weight excluding hydrogens is 310 g/mol. The number of nitrogens with zero attached hydrogens (tertiary/aromatic N) is 3. The van der Waals surface area contributed by atoms with Gasteiger partial charge in [0, 0.05) is 18.0 Å². The van der Waals surface area contributed by atoms with Crippen LogP contribution in [0.4, 0.5) is 11.5 Å². The summed E-state index contributed by atoms with van der Waals surface area (Å²) in [6.45, 7) is 2.15. The van der Waals surface area contributed by atoms with Crippen molar-refractivity contribution in [2.24, 2.45) is 0 Å². The van der Waals surface area contributed by atoms with Gasteiger partial charge in [0.1, 0.15) is 28.5 Å². The average Bonchev–Trinajstić information content (AvgIpc) is 3.03. The van der Waals surface area contributed by atoms with Crippen LogP contribution < -0.4 is 14.4 Å². The minimum atomic E-state index is 0.740. The Hall–Kier alpha value is -2.34. The number of aromatic nitrogens is 2. The van der Waals surface area contributed by atoms with Gasteiger partial charge >= 0.3 is 0 Å². The second kappa shape index (κ2) is 6.42. The number of aryl methyl sites for hydroxylation is 1. The van der Waals surface area contributed by atoms with Gasteiger partial charge in [-0.2, -0.15) is 0 Å². The lowest BCUT2D eigenvalue weighted by atomic mass is 10.2. The number of thiophene rings is 1. The zero-order valence-corrected chi connectivity index (χ0v) is 14.5. The maximum Gasteiger partial charge on any atom is 0.146 e. The predicted octanol–water partition coefficient (Wildman–Crippen LogP) is 4.04. The van der Waals surface area contributed by atoms with Crippen LogP contribution in [-0.2, 0) is 6.42 Å². The third-order valence-corrected chi connectivity index (χ3v) is 4.96. The Morgan fingerprint density at radius 3 is 2.65 bits per heavy atom. The molecule has 120 valence electrons. The molecule has 0 aliphatic heterocycles. The van der Waals surface area contributed by atoms with E-state index in [0.29, 0.717) is 0 Å². The molecule has 2 heterocycles. The second-order valence-corrected chi connectivity index (χ2v) is 6.19. The Kier molecular flexibility index (Phi) is 4.34. The van der Waals surface area contributed by atoms with E-state index in [1.807, 2.05) is 30.1 Å². The van der Waals surface area contributed by atoms with Crippen molar-refractivity contribution >= 4 is 33.1 Å². The molecule has 0 N–H and O–H groups in total. The van der Waals surface area contributed by atoms with E-state index in [4.69, 9.17) is 9.47 Å². The fraction of sp³-hybridized carbons (Fsp3) is 0.294. The molecule has 0 saturated heterocycles. The molecular formula is C17H19N3O2S. The van der Waals surface area contributed by atoms with Crippen molar-refractivity contribution in [3.8, 4) is 11.5 Å². The van der Waals surface area contributed by atoms with Crippen LogP contribution in [0.2, 0.25) is 0 Å². The standard InChI is InChI=1S/C17H19N3O2S/c1-5-12-9-13-16(18-10-19-17(13)23-12)20(2)14-7-6-11(21-3)8-15(14)22-4/h6-10H,5H2,1-4H3. The first kappa shape index (κ1) is 15.6. The summed E-state index contributed by atoms with van der Waals surface area (Å²) >= 11 is 1.71. The summed E-state index contributed by atoms with van der Waals surface area (Å²) in [4.78, 5) is 13.2. The summed E-state index contributed by atoms with van der Waals surface area (Å²) in [5.41, 5.74) is 0.928. The van der Waals surface area contributed by atoms with E-state index in [2.05, 4.69) is 23.0 Å². The van der Waals surface area contributed by atoms with Gasteiger partial charge in [0.15, 0.2) is 0 Å². The molecule has 0 unspecified atom stereocenters. The number of methoxy groups -OCH3 is 2. The maximum atomic E-state index is 5.51. The number of hydrogen-bond acceptors (Lipinski definition) is 6. The lowest BCUT2D eigenvalue weighted by Crippen LogP contribution is -2.12. The van der Waals surface area contributed by atoms with Crippen LogP contribution in [0.3, 0.4) is 0 Å². The fourth-order valence-electron chi connectivity index (χ4n) is 2.51. The van der Waals surface area contributed by atoms with Crippen LogP contribution in [0.5, 0.6) is 11.5 Å². The quantitative estimate of drug-likeness (QED) is 0.707. The predicted molar refractivity (Wildman–Crippen MR) is 94.4 cm³/mol. The molecule has 5 nitrogen and oxygen atoms in total. The van der Waals surface area contributed by atoms with Gasteiger partial charge < -0.3 is 14.4 Å². The molecule has 3 rings (SSSR count). The van der Waals surface area contributed by atoms with Crippen LogP contribution in [0.1, 0.15) is 11.8 Å². The van der Waals surface area contributed by atoms with Gasteiger partial charge in [-0.05, 0) is 24.6 Å². The molecule has 6 heteroatoms. The van der Waals surface area contributed by atoms with Gasteiger partial charge in [0.2, 0.25) is 0 Å². The van der Waals surface area contributed by atoms with E-state index >= 15 is 0 Å². The van der Waals surface area contributed by atoms with Gasteiger partial charge in [-0.3, -0.25) is 0 Å². The minimum Gasteiger partial charge on any atom is -0.497 e. The molecule has 2 aromatic heterocycles. The van der Waals surface area contributed by atoms with Gasteiger partial charge in [0.05, 0.1) is 25.3 Å². The molecule has 0 radical (unpaired) electrons. The molecule has 0 saturated carbocycles. The van der Waals surface area contributed by atoms with Crippen LogP contribution in [0.15, 0.2) is 30.6 Å². The average molecular weight is 329 g/mol. The number of fused-ring (bicyclic) bond motifs is 1. The van der Waals surface area contributed by atoms with Gasteiger partial charge in [-0.25, -0.2) is 9.97 Å². The normalized spacial score (nSPS) is 10.8. The Balaban J connectivity index is 2.10. The Morgan fingerprint density at radius 1 is 1.13 bits per heavy atom. The lowest BCUT2D eigenvalue weighted by Gasteiger charge is -2.21. The highest BCUT2D eigenvalue weighted by atomic mass is 32.1. The van der Waals surface area contributed by atoms with Crippen molar-refractivity contribution in [3.05, 3.63) is 35.5 Å². The van der Waals surface area contributed by atoms with Gasteiger partial charge in [-0.15, -0.1) is 11.3 Å².